The molecule has 3 rings (SSSR count). The number of carbonyl (C=O) groups is 3. The second-order valence-corrected chi connectivity index (χ2v) is 7.51. The third-order valence-electron chi connectivity index (χ3n) is 4.88. The number of aliphatic hydroxyl groups is 1. The van der Waals surface area contributed by atoms with Gasteiger partial charge in [-0.25, -0.2) is 9.78 Å². The summed E-state index contributed by atoms with van der Waals surface area (Å²) in [6, 6.07) is 0. The van der Waals surface area contributed by atoms with Crippen molar-refractivity contribution >= 4 is 34.8 Å². The Labute approximate surface area is 154 Å². The third-order valence-corrected chi connectivity index (χ3v) is 5.78. The summed E-state index contributed by atoms with van der Waals surface area (Å²) in [7, 11) is 0. The molecular weight excluding hydrogens is 362 g/mol. The van der Waals surface area contributed by atoms with Gasteiger partial charge in [-0.3, -0.25) is 9.59 Å². The van der Waals surface area contributed by atoms with E-state index in [9.17, 15) is 14.7 Å². The Morgan fingerprint density at radius 2 is 2.00 bits per heavy atom. The average molecular weight is 385 g/mol. The number of carbonyl (C=O) groups excluding carboxylic acids is 1. The number of β-amino-alcohol motifs (C(OH)–C–C–N with tert-alkyl or cyclic N) is 1. The summed E-state index contributed by atoms with van der Waals surface area (Å²) in [4.78, 5) is 39.0. The molecule has 3 N–H and O–H groups in total. The smallest absolute Gasteiger partial charge is 0.355 e. The van der Waals surface area contributed by atoms with Crippen LogP contribution in [-0.2, 0) is 9.59 Å². The Morgan fingerprint density at radius 1 is 1.38 bits per heavy atom. The van der Waals surface area contributed by atoms with Gasteiger partial charge in [-0.15, -0.1) is 11.3 Å². The van der Waals surface area contributed by atoms with Gasteiger partial charge in [-0.05, 0) is 24.7 Å². The van der Waals surface area contributed by atoms with Crippen molar-refractivity contribution in [1.82, 2.24) is 9.88 Å². The summed E-state index contributed by atoms with van der Waals surface area (Å²) in [5, 5.41) is 28.3. The molecule has 3 heterocycles. The number of amides is 1. The zero-order chi connectivity index (χ0) is 19.3. The van der Waals surface area contributed by atoms with Crippen LogP contribution in [-0.4, -0.2) is 75.8 Å². The fourth-order valence-corrected chi connectivity index (χ4v) is 4.49. The molecule has 1 aromatic heterocycles. The Kier molecular flexibility index (Phi) is 6.54. The van der Waals surface area contributed by atoms with E-state index in [0.717, 1.165) is 37.5 Å². The minimum atomic E-state index is -1.01. The molecule has 9 nitrogen and oxygen atoms in total. The first-order valence-electron chi connectivity index (χ1n) is 8.25. The summed E-state index contributed by atoms with van der Waals surface area (Å²) in [5.74, 6) is -0.995. The lowest BCUT2D eigenvalue weighted by molar-refractivity contribution is -0.137. The van der Waals surface area contributed by atoms with E-state index < -0.39 is 12.1 Å². The first-order valence-corrected chi connectivity index (χ1v) is 9.13. The highest BCUT2D eigenvalue weighted by atomic mass is 32.1. The van der Waals surface area contributed by atoms with Crippen molar-refractivity contribution in [3.8, 4) is 0 Å². The van der Waals surface area contributed by atoms with Gasteiger partial charge in [0.05, 0.1) is 6.10 Å². The fourth-order valence-electron chi connectivity index (χ4n) is 3.63. The number of piperidine rings is 2. The molecule has 1 spiro atoms. The summed E-state index contributed by atoms with van der Waals surface area (Å²) >= 11 is 1.35. The van der Waals surface area contributed by atoms with Crippen LogP contribution in [0.5, 0.6) is 0 Å². The molecule has 10 heteroatoms. The number of anilines is 1. The Balaban J connectivity index is 0.000000758. The predicted molar refractivity (Wildman–Crippen MR) is 94.5 cm³/mol. The molecule has 144 valence electrons. The number of rotatable bonds is 2. The number of hydrogen-bond donors (Lipinski definition) is 3. The van der Waals surface area contributed by atoms with Crippen molar-refractivity contribution in [2.24, 2.45) is 5.41 Å². The van der Waals surface area contributed by atoms with Gasteiger partial charge in [-0.2, -0.15) is 0 Å². The van der Waals surface area contributed by atoms with E-state index in [0.29, 0.717) is 13.1 Å². The lowest BCUT2D eigenvalue weighted by Crippen LogP contribution is -2.55. The molecule has 0 bridgehead atoms. The van der Waals surface area contributed by atoms with Crippen molar-refractivity contribution in [3.05, 3.63) is 11.1 Å². The SMILES string of the molecule is CC(=O)N1CC(O)CC2(CCN(c3nc(C(=O)O)cs3)CC2)C1.O=CO. The Morgan fingerprint density at radius 3 is 2.50 bits per heavy atom. The van der Waals surface area contributed by atoms with Gasteiger partial charge in [0.1, 0.15) is 0 Å². The van der Waals surface area contributed by atoms with Crippen LogP contribution in [0.1, 0.15) is 36.7 Å². The van der Waals surface area contributed by atoms with E-state index in [1.807, 2.05) is 0 Å². The standard InChI is InChI=1S/C15H21N3O4S.CH2O2/c1-10(19)18-7-11(20)6-15(9-18)2-4-17(5-3-15)14-16-12(8-23-14)13(21)22;2-1-3/h8,11,20H,2-7,9H2,1H3,(H,21,22);1H,(H,2,3). The van der Waals surface area contributed by atoms with E-state index in [1.54, 1.807) is 17.2 Å². The van der Waals surface area contributed by atoms with Crippen LogP contribution in [0.3, 0.4) is 0 Å². The number of nitrogens with zero attached hydrogens (tertiary/aromatic N) is 3. The Bertz CT molecular complexity index is 656. The first-order chi connectivity index (χ1) is 12.3. The summed E-state index contributed by atoms with van der Waals surface area (Å²) in [5.41, 5.74) is 0.0494. The monoisotopic (exact) mass is 385 g/mol. The summed E-state index contributed by atoms with van der Waals surface area (Å²) < 4.78 is 0. The van der Waals surface area contributed by atoms with E-state index in [-0.39, 0.29) is 23.5 Å². The van der Waals surface area contributed by atoms with Crippen LogP contribution in [0, 0.1) is 5.41 Å². The number of aliphatic hydroxyl groups excluding tert-OH is 1. The van der Waals surface area contributed by atoms with Gasteiger partial charge >= 0.3 is 5.97 Å². The van der Waals surface area contributed by atoms with E-state index in [2.05, 4.69) is 9.88 Å². The highest BCUT2D eigenvalue weighted by Gasteiger charge is 2.42. The number of carboxylic acids is 1. The lowest BCUT2D eigenvalue weighted by Gasteiger charge is -2.49. The number of aromatic carboxylic acids is 1. The molecule has 26 heavy (non-hydrogen) atoms. The fraction of sp³-hybridized carbons (Fsp3) is 0.625. The first kappa shape index (κ1) is 20.1. The van der Waals surface area contributed by atoms with Crippen LogP contribution in [0.4, 0.5) is 5.13 Å². The van der Waals surface area contributed by atoms with E-state index in [4.69, 9.17) is 15.0 Å². The third kappa shape index (κ3) is 4.70. The second kappa shape index (κ2) is 8.45. The molecule has 0 saturated carbocycles. The van der Waals surface area contributed by atoms with Crippen molar-refractivity contribution < 1.29 is 29.7 Å². The van der Waals surface area contributed by atoms with E-state index in [1.165, 1.54) is 11.3 Å². The normalized spacial score (nSPS) is 21.7. The quantitative estimate of drug-likeness (QED) is 0.635. The van der Waals surface area contributed by atoms with Crippen molar-refractivity contribution in [3.63, 3.8) is 0 Å². The van der Waals surface area contributed by atoms with Crippen LogP contribution >= 0.6 is 11.3 Å². The maximum Gasteiger partial charge on any atom is 0.355 e. The van der Waals surface area contributed by atoms with Gasteiger partial charge in [-0.1, -0.05) is 0 Å². The molecule has 1 aromatic rings. The number of hydrogen-bond acceptors (Lipinski definition) is 7. The van der Waals surface area contributed by atoms with Gasteiger partial charge in [0.15, 0.2) is 10.8 Å². The van der Waals surface area contributed by atoms with Gasteiger partial charge in [0.25, 0.3) is 6.47 Å². The number of thiazole rings is 1. The Hall–Kier alpha value is -2.20. The molecule has 2 fully saturated rings. The molecular formula is C16H23N3O6S. The van der Waals surface area contributed by atoms with Gasteiger partial charge in [0.2, 0.25) is 5.91 Å². The molecule has 2 aliphatic heterocycles. The molecule has 0 aromatic carbocycles. The molecule has 1 amide bonds. The average Bonchev–Trinajstić information content (AvgIpc) is 3.06. The highest BCUT2D eigenvalue weighted by molar-refractivity contribution is 7.13. The summed E-state index contributed by atoms with van der Waals surface area (Å²) in [6.45, 7) is 3.96. The molecule has 0 radical (unpaired) electrons. The minimum Gasteiger partial charge on any atom is -0.483 e. The number of aromatic nitrogens is 1. The molecule has 1 atom stereocenters. The minimum absolute atomic E-state index is 0.0107. The maximum atomic E-state index is 11.7. The van der Waals surface area contributed by atoms with Crippen LogP contribution in [0.2, 0.25) is 0 Å². The van der Waals surface area contributed by atoms with E-state index >= 15 is 0 Å². The number of carboxylic acid groups (broad SMARTS) is 2. The van der Waals surface area contributed by atoms with Crippen molar-refractivity contribution in [1.29, 1.82) is 0 Å². The summed E-state index contributed by atoms with van der Waals surface area (Å²) in [6.07, 6.45) is 2.01. The molecule has 0 aliphatic carbocycles. The zero-order valence-electron chi connectivity index (χ0n) is 14.5. The highest BCUT2D eigenvalue weighted by Crippen LogP contribution is 2.41. The zero-order valence-corrected chi connectivity index (χ0v) is 15.3. The molecule has 1 unspecified atom stereocenters. The van der Waals surface area contributed by atoms with Gasteiger partial charge < -0.3 is 25.1 Å². The van der Waals surface area contributed by atoms with Gasteiger partial charge in [0, 0.05) is 38.5 Å². The van der Waals surface area contributed by atoms with Crippen molar-refractivity contribution in [2.45, 2.75) is 32.3 Å². The lowest BCUT2D eigenvalue weighted by atomic mass is 9.71. The number of likely N-dealkylation sites (tertiary alicyclic amines) is 1. The van der Waals surface area contributed by atoms with Crippen LogP contribution < -0.4 is 4.90 Å². The van der Waals surface area contributed by atoms with Crippen LogP contribution in [0.15, 0.2) is 5.38 Å². The predicted octanol–water partition coefficient (Wildman–Crippen LogP) is 0.742. The topological polar surface area (TPSA) is 131 Å². The van der Waals surface area contributed by atoms with Crippen molar-refractivity contribution in [2.75, 3.05) is 31.1 Å². The van der Waals surface area contributed by atoms with Crippen LogP contribution in [0.25, 0.3) is 0 Å². The molecule has 2 saturated heterocycles. The molecule has 2 aliphatic rings. The largest absolute Gasteiger partial charge is 0.483 e. The maximum absolute atomic E-state index is 11.7. The second-order valence-electron chi connectivity index (χ2n) is 6.67.